The summed E-state index contributed by atoms with van der Waals surface area (Å²) in [6, 6.07) is 6.14. The van der Waals surface area contributed by atoms with Gasteiger partial charge in [-0.1, -0.05) is 32.0 Å². The first kappa shape index (κ1) is 14.7. The molecule has 0 spiro atoms. The lowest BCUT2D eigenvalue weighted by Gasteiger charge is -2.19. The van der Waals surface area contributed by atoms with Crippen molar-refractivity contribution >= 4 is 0 Å². The number of nitrogens with one attached hydrogen (secondary N) is 1. The standard InChI is InChI=1S/C15H22N4O/c1-5-16-13(10(2)3)9-14-18-15(19-20-14)12-8-6-7-11(4)17-12/h6-8,10,13,16H,5,9H2,1-4H3. The van der Waals surface area contributed by atoms with Gasteiger partial charge in [0.1, 0.15) is 5.69 Å². The molecule has 2 heterocycles. The molecule has 0 amide bonds. The first-order valence-electron chi connectivity index (χ1n) is 7.10. The van der Waals surface area contributed by atoms with Gasteiger partial charge in [-0.2, -0.15) is 4.98 Å². The van der Waals surface area contributed by atoms with E-state index in [1.807, 2.05) is 25.1 Å². The van der Waals surface area contributed by atoms with E-state index in [4.69, 9.17) is 4.52 Å². The molecule has 1 atom stereocenters. The molecule has 0 bridgehead atoms. The van der Waals surface area contributed by atoms with Crippen molar-refractivity contribution in [3.05, 3.63) is 29.8 Å². The zero-order chi connectivity index (χ0) is 14.5. The number of aromatic nitrogens is 3. The first-order chi connectivity index (χ1) is 9.60. The molecule has 20 heavy (non-hydrogen) atoms. The molecule has 0 aliphatic rings. The maximum absolute atomic E-state index is 5.34. The summed E-state index contributed by atoms with van der Waals surface area (Å²) in [5, 5.41) is 7.47. The van der Waals surface area contributed by atoms with Crippen LogP contribution in [0.1, 0.15) is 32.4 Å². The number of hydrogen-bond acceptors (Lipinski definition) is 5. The minimum atomic E-state index is 0.346. The van der Waals surface area contributed by atoms with Gasteiger partial charge in [0, 0.05) is 18.2 Å². The summed E-state index contributed by atoms with van der Waals surface area (Å²) in [6.07, 6.45) is 0.740. The highest BCUT2D eigenvalue weighted by Crippen LogP contribution is 2.15. The van der Waals surface area contributed by atoms with Crippen molar-refractivity contribution in [2.45, 2.75) is 40.2 Å². The second-order valence-corrected chi connectivity index (χ2v) is 5.29. The van der Waals surface area contributed by atoms with E-state index in [-0.39, 0.29) is 0 Å². The fourth-order valence-corrected chi connectivity index (χ4v) is 2.10. The summed E-state index contributed by atoms with van der Waals surface area (Å²) >= 11 is 0. The van der Waals surface area contributed by atoms with Crippen LogP contribution in [0.3, 0.4) is 0 Å². The number of nitrogens with zero attached hydrogens (tertiary/aromatic N) is 3. The number of pyridine rings is 1. The predicted octanol–water partition coefficient (Wildman–Crippen LogP) is 2.62. The first-order valence-corrected chi connectivity index (χ1v) is 7.10. The van der Waals surface area contributed by atoms with Gasteiger partial charge in [0.25, 0.3) is 0 Å². The second-order valence-electron chi connectivity index (χ2n) is 5.29. The second kappa shape index (κ2) is 6.61. The Labute approximate surface area is 119 Å². The summed E-state index contributed by atoms with van der Waals surface area (Å²) in [4.78, 5) is 8.85. The molecule has 2 rings (SSSR count). The molecule has 0 aliphatic carbocycles. The van der Waals surface area contributed by atoms with Crippen LogP contribution in [0.25, 0.3) is 11.5 Å². The van der Waals surface area contributed by atoms with Crippen molar-refractivity contribution < 1.29 is 4.52 Å². The van der Waals surface area contributed by atoms with Crippen molar-refractivity contribution in [1.29, 1.82) is 0 Å². The van der Waals surface area contributed by atoms with Crippen LogP contribution >= 0.6 is 0 Å². The van der Waals surface area contributed by atoms with Gasteiger partial charge in [-0.05, 0) is 31.5 Å². The fourth-order valence-electron chi connectivity index (χ4n) is 2.10. The molecule has 2 aromatic heterocycles. The van der Waals surface area contributed by atoms with Gasteiger partial charge in [0.15, 0.2) is 0 Å². The van der Waals surface area contributed by atoms with Crippen LogP contribution < -0.4 is 5.32 Å². The van der Waals surface area contributed by atoms with Crippen molar-refractivity contribution in [2.75, 3.05) is 6.54 Å². The van der Waals surface area contributed by atoms with Gasteiger partial charge in [0.2, 0.25) is 11.7 Å². The van der Waals surface area contributed by atoms with Crippen LogP contribution in [0.15, 0.2) is 22.7 Å². The van der Waals surface area contributed by atoms with E-state index in [2.05, 4.69) is 41.2 Å². The van der Waals surface area contributed by atoms with E-state index >= 15 is 0 Å². The third-order valence-corrected chi connectivity index (χ3v) is 3.25. The molecule has 5 nitrogen and oxygen atoms in total. The van der Waals surface area contributed by atoms with E-state index in [1.54, 1.807) is 0 Å². The topological polar surface area (TPSA) is 63.8 Å². The van der Waals surface area contributed by atoms with Crippen molar-refractivity contribution in [3.8, 4) is 11.5 Å². The Morgan fingerprint density at radius 3 is 2.70 bits per heavy atom. The molecule has 0 fully saturated rings. The van der Waals surface area contributed by atoms with Gasteiger partial charge in [0.05, 0.1) is 0 Å². The van der Waals surface area contributed by atoms with Crippen molar-refractivity contribution in [3.63, 3.8) is 0 Å². The molecule has 0 saturated heterocycles. The van der Waals surface area contributed by atoms with Crippen LogP contribution in [-0.4, -0.2) is 27.7 Å². The highest BCUT2D eigenvalue weighted by Gasteiger charge is 2.17. The average molecular weight is 274 g/mol. The maximum atomic E-state index is 5.34. The Morgan fingerprint density at radius 2 is 2.05 bits per heavy atom. The fraction of sp³-hybridized carbons (Fsp3) is 0.533. The minimum Gasteiger partial charge on any atom is -0.339 e. The lowest BCUT2D eigenvalue weighted by Crippen LogP contribution is -2.35. The highest BCUT2D eigenvalue weighted by atomic mass is 16.5. The van der Waals surface area contributed by atoms with Crippen LogP contribution in [0.5, 0.6) is 0 Å². The summed E-state index contributed by atoms with van der Waals surface area (Å²) < 4.78 is 5.34. The summed E-state index contributed by atoms with van der Waals surface area (Å²) in [5.41, 5.74) is 1.70. The molecule has 0 aromatic carbocycles. The van der Waals surface area contributed by atoms with Crippen LogP contribution in [-0.2, 0) is 6.42 Å². The third kappa shape index (κ3) is 3.63. The molecule has 0 saturated carbocycles. The van der Waals surface area contributed by atoms with E-state index in [1.165, 1.54) is 0 Å². The predicted molar refractivity (Wildman–Crippen MR) is 78.3 cm³/mol. The Balaban J connectivity index is 2.12. The monoisotopic (exact) mass is 274 g/mol. The van der Waals surface area contributed by atoms with Gasteiger partial charge in [-0.15, -0.1) is 0 Å². The quantitative estimate of drug-likeness (QED) is 0.877. The Bertz CT molecular complexity index is 550. The Kier molecular flexibility index (Phi) is 4.84. The van der Waals surface area contributed by atoms with Crippen molar-refractivity contribution in [2.24, 2.45) is 5.92 Å². The van der Waals surface area contributed by atoms with Crippen LogP contribution in [0.2, 0.25) is 0 Å². The Hall–Kier alpha value is -1.75. The van der Waals surface area contributed by atoms with E-state index in [0.717, 1.165) is 24.4 Å². The van der Waals surface area contributed by atoms with E-state index < -0.39 is 0 Å². The van der Waals surface area contributed by atoms with Gasteiger partial charge in [-0.25, -0.2) is 4.98 Å². The third-order valence-electron chi connectivity index (χ3n) is 3.25. The lowest BCUT2D eigenvalue weighted by atomic mass is 10.0. The number of hydrogen-bond donors (Lipinski definition) is 1. The lowest BCUT2D eigenvalue weighted by molar-refractivity contribution is 0.329. The normalized spacial score (nSPS) is 12.8. The number of rotatable bonds is 6. The van der Waals surface area contributed by atoms with Gasteiger partial charge < -0.3 is 9.84 Å². The molecular weight excluding hydrogens is 252 g/mol. The maximum Gasteiger partial charge on any atom is 0.228 e. The van der Waals surface area contributed by atoms with Crippen LogP contribution in [0, 0.1) is 12.8 Å². The van der Waals surface area contributed by atoms with Gasteiger partial charge >= 0.3 is 0 Å². The van der Waals surface area contributed by atoms with Crippen molar-refractivity contribution in [1.82, 2.24) is 20.4 Å². The SMILES string of the molecule is CCNC(Cc1nc(-c2cccc(C)n2)no1)C(C)C. The summed E-state index contributed by atoms with van der Waals surface area (Å²) in [6.45, 7) is 9.36. The molecule has 108 valence electrons. The molecule has 2 aromatic rings. The molecule has 1 unspecified atom stereocenters. The minimum absolute atomic E-state index is 0.346. The molecule has 5 heteroatoms. The number of aryl methyl sites for hydroxylation is 1. The zero-order valence-corrected chi connectivity index (χ0v) is 12.6. The number of likely N-dealkylation sites (N-methyl/N-ethyl adjacent to an activating group) is 1. The zero-order valence-electron chi connectivity index (χ0n) is 12.6. The molecular formula is C15H22N4O. The van der Waals surface area contributed by atoms with Crippen LogP contribution in [0.4, 0.5) is 0 Å². The molecule has 1 N–H and O–H groups in total. The summed E-state index contributed by atoms with van der Waals surface area (Å²) in [7, 11) is 0. The largest absolute Gasteiger partial charge is 0.339 e. The molecule has 0 aliphatic heterocycles. The van der Waals surface area contributed by atoms with E-state index in [0.29, 0.717) is 23.7 Å². The smallest absolute Gasteiger partial charge is 0.228 e. The van der Waals surface area contributed by atoms with E-state index in [9.17, 15) is 0 Å². The highest BCUT2D eigenvalue weighted by molar-refractivity contribution is 5.47. The summed E-state index contributed by atoms with van der Waals surface area (Å²) in [5.74, 6) is 1.73. The molecule has 0 radical (unpaired) electrons. The van der Waals surface area contributed by atoms with Gasteiger partial charge in [-0.3, -0.25) is 0 Å². The average Bonchev–Trinajstić information content (AvgIpc) is 2.87. The Morgan fingerprint density at radius 1 is 1.25 bits per heavy atom.